The van der Waals surface area contributed by atoms with Gasteiger partial charge in [-0.2, -0.15) is 0 Å². The van der Waals surface area contributed by atoms with Crippen LogP contribution in [0.15, 0.2) is 11.6 Å². The molecule has 0 aliphatic heterocycles. The summed E-state index contributed by atoms with van der Waals surface area (Å²) in [5.74, 6) is 2.96. The predicted molar refractivity (Wildman–Crippen MR) is 56.4 cm³/mol. The molecule has 0 amide bonds. The number of hydrogen-bond donors (Lipinski definition) is 1. The van der Waals surface area contributed by atoms with Crippen molar-refractivity contribution in [2.24, 2.45) is 23.5 Å². The van der Waals surface area contributed by atoms with E-state index in [0.717, 1.165) is 30.7 Å². The highest BCUT2D eigenvalue weighted by Gasteiger charge is 2.38. The average molecular weight is 179 g/mol. The van der Waals surface area contributed by atoms with Crippen LogP contribution < -0.4 is 5.73 Å². The van der Waals surface area contributed by atoms with Crippen molar-refractivity contribution in [1.82, 2.24) is 0 Å². The number of nitrogens with two attached hydrogens (primary N) is 1. The lowest BCUT2D eigenvalue weighted by Crippen LogP contribution is -2.11. The maximum Gasteiger partial charge on any atom is 0.0136 e. The second-order valence-corrected chi connectivity index (χ2v) is 4.72. The van der Waals surface area contributed by atoms with E-state index in [2.05, 4.69) is 13.0 Å². The summed E-state index contributed by atoms with van der Waals surface area (Å²) < 4.78 is 0. The van der Waals surface area contributed by atoms with Crippen molar-refractivity contribution >= 4 is 0 Å². The number of fused-ring (bicyclic) bond motifs is 2. The van der Waals surface area contributed by atoms with E-state index >= 15 is 0 Å². The summed E-state index contributed by atoms with van der Waals surface area (Å²) in [6, 6.07) is 0. The summed E-state index contributed by atoms with van der Waals surface area (Å²) in [5, 5.41) is 0. The van der Waals surface area contributed by atoms with Crippen molar-refractivity contribution in [3.63, 3.8) is 0 Å². The van der Waals surface area contributed by atoms with Gasteiger partial charge in [0.1, 0.15) is 0 Å². The molecule has 1 heteroatoms. The Labute approximate surface area is 81.4 Å². The van der Waals surface area contributed by atoms with Crippen LogP contribution in [-0.2, 0) is 0 Å². The average Bonchev–Trinajstić information content (AvgIpc) is 2.75. The molecule has 74 valence electrons. The first-order valence-electron chi connectivity index (χ1n) is 5.73. The quantitative estimate of drug-likeness (QED) is 0.662. The molecule has 2 bridgehead atoms. The van der Waals surface area contributed by atoms with Gasteiger partial charge in [-0.25, -0.2) is 0 Å². The largest absolute Gasteiger partial charge is 0.327 e. The minimum absolute atomic E-state index is 0.768. The van der Waals surface area contributed by atoms with Crippen molar-refractivity contribution in [3.8, 4) is 0 Å². The third-order valence-electron chi connectivity index (χ3n) is 3.96. The topological polar surface area (TPSA) is 26.0 Å². The number of allylic oxidation sites excluding steroid dienone is 1. The molecule has 0 saturated heterocycles. The van der Waals surface area contributed by atoms with E-state index in [4.69, 9.17) is 5.73 Å². The maximum absolute atomic E-state index is 5.69. The van der Waals surface area contributed by atoms with Crippen molar-refractivity contribution < 1.29 is 0 Å². The zero-order chi connectivity index (χ0) is 9.26. The molecule has 0 aromatic heterocycles. The monoisotopic (exact) mass is 179 g/mol. The van der Waals surface area contributed by atoms with Crippen LogP contribution in [0.1, 0.15) is 39.0 Å². The highest BCUT2D eigenvalue weighted by Crippen LogP contribution is 2.49. The highest BCUT2D eigenvalue weighted by atomic mass is 14.5. The Morgan fingerprint density at radius 1 is 1.38 bits per heavy atom. The van der Waals surface area contributed by atoms with E-state index < -0.39 is 0 Å². The zero-order valence-electron chi connectivity index (χ0n) is 8.63. The first-order valence-corrected chi connectivity index (χ1v) is 5.73. The standard InChI is InChI=1S/C12H21N/c1-2-9(8-13)5-12-7-10-3-4-11(12)6-10/h5,10-12H,2-4,6-8,13H2,1H3/b9-5-. The van der Waals surface area contributed by atoms with Crippen LogP contribution in [0.25, 0.3) is 0 Å². The lowest BCUT2D eigenvalue weighted by atomic mass is 9.87. The molecule has 2 N–H and O–H groups in total. The van der Waals surface area contributed by atoms with Gasteiger partial charge in [0.2, 0.25) is 0 Å². The molecule has 2 rings (SSSR count). The molecule has 0 heterocycles. The molecule has 2 fully saturated rings. The van der Waals surface area contributed by atoms with E-state index in [1.165, 1.54) is 31.3 Å². The molecule has 0 aromatic carbocycles. The van der Waals surface area contributed by atoms with Crippen LogP contribution in [0.5, 0.6) is 0 Å². The van der Waals surface area contributed by atoms with Gasteiger partial charge in [-0.15, -0.1) is 0 Å². The predicted octanol–water partition coefficient (Wildman–Crippen LogP) is 2.72. The fraction of sp³-hybridized carbons (Fsp3) is 0.833. The lowest BCUT2D eigenvalue weighted by molar-refractivity contribution is 0.392. The van der Waals surface area contributed by atoms with Gasteiger partial charge in [0, 0.05) is 6.54 Å². The molecule has 2 saturated carbocycles. The molecule has 1 nitrogen and oxygen atoms in total. The molecular formula is C12H21N. The molecule has 3 unspecified atom stereocenters. The first-order chi connectivity index (χ1) is 6.33. The smallest absolute Gasteiger partial charge is 0.0136 e. The van der Waals surface area contributed by atoms with E-state index in [0.29, 0.717) is 0 Å². The van der Waals surface area contributed by atoms with Gasteiger partial charge in [0.05, 0.1) is 0 Å². The molecule has 0 radical (unpaired) electrons. The van der Waals surface area contributed by atoms with Crippen molar-refractivity contribution in [2.75, 3.05) is 6.54 Å². The minimum Gasteiger partial charge on any atom is -0.327 e. The van der Waals surface area contributed by atoms with Crippen molar-refractivity contribution in [2.45, 2.75) is 39.0 Å². The van der Waals surface area contributed by atoms with Gasteiger partial charge >= 0.3 is 0 Å². The van der Waals surface area contributed by atoms with E-state index in [1.807, 2.05) is 0 Å². The summed E-state index contributed by atoms with van der Waals surface area (Å²) >= 11 is 0. The maximum atomic E-state index is 5.69. The fourth-order valence-corrected chi connectivity index (χ4v) is 3.13. The van der Waals surface area contributed by atoms with Crippen LogP contribution in [0.4, 0.5) is 0 Å². The third-order valence-corrected chi connectivity index (χ3v) is 3.96. The summed E-state index contributed by atoms with van der Waals surface area (Å²) in [6.45, 7) is 2.98. The highest BCUT2D eigenvalue weighted by molar-refractivity contribution is 5.09. The SMILES string of the molecule is CC/C(=C/C1CC2CCC1C2)CN. The van der Waals surface area contributed by atoms with E-state index in [9.17, 15) is 0 Å². The van der Waals surface area contributed by atoms with Crippen LogP contribution >= 0.6 is 0 Å². The Morgan fingerprint density at radius 3 is 2.69 bits per heavy atom. The van der Waals surface area contributed by atoms with Crippen LogP contribution in [0.3, 0.4) is 0 Å². The fourth-order valence-electron chi connectivity index (χ4n) is 3.13. The van der Waals surface area contributed by atoms with Gasteiger partial charge in [-0.1, -0.05) is 25.0 Å². The van der Waals surface area contributed by atoms with Crippen LogP contribution in [-0.4, -0.2) is 6.54 Å². The number of hydrogen-bond acceptors (Lipinski definition) is 1. The van der Waals surface area contributed by atoms with Crippen LogP contribution in [0, 0.1) is 17.8 Å². The third kappa shape index (κ3) is 1.80. The molecule has 3 atom stereocenters. The second-order valence-electron chi connectivity index (χ2n) is 4.72. The second kappa shape index (κ2) is 3.83. The van der Waals surface area contributed by atoms with E-state index in [-0.39, 0.29) is 0 Å². The van der Waals surface area contributed by atoms with Crippen molar-refractivity contribution in [3.05, 3.63) is 11.6 Å². The number of rotatable bonds is 3. The Bertz CT molecular complexity index is 201. The molecule has 2 aliphatic rings. The molecular weight excluding hydrogens is 158 g/mol. The minimum atomic E-state index is 0.768. The van der Waals surface area contributed by atoms with Gasteiger partial charge in [-0.3, -0.25) is 0 Å². The van der Waals surface area contributed by atoms with Gasteiger partial charge < -0.3 is 5.73 Å². The Morgan fingerprint density at radius 2 is 2.23 bits per heavy atom. The first kappa shape index (κ1) is 9.26. The van der Waals surface area contributed by atoms with Gasteiger partial charge in [-0.05, 0) is 43.4 Å². The van der Waals surface area contributed by atoms with Gasteiger partial charge in [0.25, 0.3) is 0 Å². The molecule has 2 aliphatic carbocycles. The normalized spacial score (nSPS) is 38.6. The summed E-state index contributed by atoms with van der Waals surface area (Å²) in [6.07, 6.45) is 9.57. The van der Waals surface area contributed by atoms with Gasteiger partial charge in [0.15, 0.2) is 0 Å². The summed E-state index contributed by atoms with van der Waals surface area (Å²) in [5.41, 5.74) is 7.16. The summed E-state index contributed by atoms with van der Waals surface area (Å²) in [7, 11) is 0. The Hall–Kier alpha value is -0.300. The molecule has 0 spiro atoms. The Balaban J connectivity index is 1.98. The van der Waals surface area contributed by atoms with Crippen LogP contribution in [0.2, 0.25) is 0 Å². The molecule has 13 heavy (non-hydrogen) atoms. The van der Waals surface area contributed by atoms with E-state index in [1.54, 1.807) is 0 Å². The Kier molecular flexibility index (Phi) is 2.73. The molecule has 0 aromatic rings. The summed E-state index contributed by atoms with van der Waals surface area (Å²) in [4.78, 5) is 0. The lowest BCUT2D eigenvalue weighted by Gasteiger charge is -2.19. The zero-order valence-corrected chi connectivity index (χ0v) is 8.63. The van der Waals surface area contributed by atoms with Crippen molar-refractivity contribution in [1.29, 1.82) is 0 Å².